The Morgan fingerprint density at radius 3 is 2.68 bits per heavy atom. The van der Waals surface area contributed by atoms with E-state index in [0.717, 1.165) is 18.4 Å². The van der Waals surface area contributed by atoms with Crippen molar-refractivity contribution in [1.82, 2.24) is 15.3 Å². The topological polar surface area (TPSA) is 105 Å². The molecule has 2 amide bonds. The molecule has 1 aliphatic carbocycles. The van der Waals surface area contributed by atoms with Crippen molar-refractivity contribution in [3.8, 4) is 11.3 Å². The minimum atomic E-state index is -0.671. The number of hydrogen-bond donors (Lipinski definition) is 3. The van der Waals surface area contributed by atoms with Gasteiger partial charge in [-0.1, -0.05) is 12.6 Å². The number of halogens is 2. The van der Waals surface area contributed by atoms with E-state index in [2.05, 4.69) is 32.7 Å². The second-order valence-electron chi connectivity index (χ2n) is 8.91. The molecule has 0 spiro atoms. The molecule has 1 atom stereocenters. The molecule has 0 unspecified atom stereocenters. The smallest absolute Gasteiger partial charge is 0.258 e. The Kier molecular flexibility index (Phi) is 7.88. The van der Waals surface area contributed by atoms with Crippen molar-refractivity contribution in [3.63, 3.8) is 0 Å². The first-order valence-corrected chi connectivity index (χ1v) is 11.8. The minimum Gasteiger partial charge on any atom is -0.348 e. The number of carbonyl (C=O) groups excluding carboxylic acids is 2. The summed E-state index contributed by atoms with van der Waals surface area (Å²) in [5.41, 5.74) is 4.96. The van der Waals surface area contributed by atoms with Crippen LogP contribution in [0.5, 0.6) is 0 Å². The standard InChI is InChI=1S/C27H27F2N5O3/c1-4-26(35)32-15(2)13-37-34-25-12-24(30-14-31-25)21-10-19(28)11-23(16(21)3)33-27(36)20-8-7-18(9-22(20)29)17-5-6-17/h4,7-12,14-15,17H,1,5-6,13H2,2-3H3,(H,32,35)(H,33,36)(H,30,31,34)/t15-/m0/s1. The molecule has 0 saturated heterocycles. The normalized spacial score (nSPS) is 13.5. The molecule has 37 heavy (non-hydrogen) atoms. The molecule has 2 aromatic carbocycles. The van der Waals surface area contributed by atoms with E-state index in [4.69, 9.17) is 4.84 Å². The van der Waals surface area contributed by atoms with Crippen LogP contribution >= 0.6 is 0 Å². The SMILES string of the molecule is C=CC(=O)N[C@@H](C)CONc1cc(-c2cc(F)cc(NC(=O)c3ccc(C4CC4)cc3F)c2C)ncn1. The van der Waals surface area contributed by atoms with Crippen molar-refractivity contribution in [3.05, 3.63) is 83.7 Å². The van der Waals surface area contributed by atoms with E-state index in [9.17, 15) is 18.4 Å². The number of anilines is 2. The van der Waals surface area contributed by atoms with Crippen LogP contribution in [0.2, 0.25) is 0 Å². The molecular weight excluding hydrogens is 480 g/mol. The van der Waals surface area contributed by atoms with Crippen molar-refractivity contribution in [2.75, 3.05) is 17.4 Å². The highest BCUT2D eigenvalue weighted by Crippen LogP contribution is 2.40. The lowest BCUT2D eigenvalue weighted by Crippen LogP contribution is -2.35. The van der Waals surface area contributed by atoms with E-state index in [1.807, 2.05) is 0 Å². The van der Waals surface area contributed by atoms with Gasteiger partial charge in [0, 0.05) is 17.3 Å². The van der Waals surface area contributed by atoms with Gasteiger partial charge in [-0.05, 0) is 74.1 Å². The maximum atomic E-state index is 14.6. The number of rotatable bonds is 10. The molecule has 3 aromatic rings. The van der Waals surface area contributed by atoms with E-state index < -0.39 is 17.5 Å². The highest BCUT2D eigenvalue weighted by atomic mass is 19.1. The molecule has 1 fully saturated rings. The van der Waals surface area contributed by atoms with E-state index in [-0.39, 0.29) is 29.8 Å². The third kappa shape index (κ3) is 6.53. The third-order valence-electron chi connectivity index (χ3n) is 5.93. The van der Waals surface area contributed by atoms with Crippen LogP contribution in [-0.2, 0) is 9.63 Å². The lowest BCUT2D eigenvalue weighted by molar-refractivity contribution is -0.117. The fourth-order valence-electron chi connectivity index (χ4n) is 3.80. The van der Waals surface area contributed by atoms with Gasteiger partial charge in [0.15, 0.2) is 5.82 Å². The van der Waals surface area contributed by atoms with Gasteiger partial charge in [-0.2, -0.15) is 0 Å². The molecule has 1 heterocycles. The molecule has 0 bridgehead atoms. The van der Waals surface area contributed by atoms with E-state index in [1.54, 1.807) is 26.0 Å². The number of nitrogens with zero attached hydrogens (tertiary/aromatic N) is 2. The Bertz CT molecular complexity index is 1340. The first-order chi connectivity index (χ1) is 17.7. The van der Waals surface area contributed by atoms with Crippen LogP contribution in [0, 0.1) is 18.6 Å². The fraction of sp³-hybridized carbons (Fsp3) is 0.259. The molecule has 8 nitrogen and oxygen atoms in total. The summed E-state index contributed by atoms with van der Waals surface area (Å²) in [6, 6.07) is 8.33. The second kappa shape index (κ2) is 11.3. The van der Waals surface area contributed by atoms with Crippen molar-refractivity contribution >= 4 is 23.3 Å². The Labute approximate surface area is 213 Å². The van der Waals surface area contributed by atoms with Gasteiger partial charge < -0.3 is 10.6 Å². The zero-order valence-corrected chi connectivity index (χ0v) is 20.5. The molecular formula is C27H27F2N5O3. The molecule has 1 aromatic heterocycles. The molecule has 0 radical (unpaired) electrons. The molecule has 1 aliphatic rings. The van der Waals surface area contributed by atoms with Crippen LogP contribution in [-0.4, -0.2) is 34.4 Å². The summed E-state index contributed by atoms with van der Waals surface area (Å²) < 4.78 is 29.1. The Morgan fingerprint density at radius 2 is 1.97 bits per heavy atom. The van der Waals surface area contributed by atoms with Crippen molar-refractivity contribution in [1.29, 1.82) is 0 Å². The summed E-state index contributed by atoms with van der Waals surface area (Å²) in [5, 5.41) is 5.28. The minimum absolute atomic E-state index is 0.112. The zero-order chi connectivity index (χ0) is 26.5. The number of amides is 2. The average molecular weight is 508 g/mol. The summed E-state index contributed by atoms with van der Waals surface area (Å²) in [6.07, 6.45) is 4.49. The van der Waals surface area contributed by atoms with Crippen molar-refractivity contribution in [2.45, 2.75) is 38.6 Å². The maximum absolute atomic E-state index is 14.6. The van der Waals surface area contributed by atoms with Crippen LogP contribution < -0.4 is 16.1 Å². The summed E-state index contributed by atoms with van der Waals surface area (Å²) in [4.78, 5) is 37.8. The van der Waals surface area contributed by atoms with Gasteiger partial charge in [-0.25, -0.2) is 24.2 Å². The first kappa shape index (κ1) is 25.9. The molecule has 10 heteroatoms. The second-order valence-corrected chi connectivity index (χ2v) is 8.91. The maximum Gasteiger partial charge on any atom is 0.258 e. The number of nitrogens with one attached hydrogen (secondary N) is 3. The Hall–Kier alpha value is -4.18. The lowest BCUT2D eigenvalue weighted by Gasteiger charge is -2.15. The van der Waals surface area contributed by atoms with Gasteiger partial charge in [0.05, 0.1) is 23.9 Å². The number of benzene rings is 2. The predicted octanol–water partition coefficient (Wildman–Crippen LogP) is 4.89. The third-order valence-corrected chi connectivity index (χ3v) is 5.93. The summed E-state index contributed by atoms with van der Waals surface area (Å²) in [6.45, 7) is 7.00. The Morgan fingerprint density at radius 1 is 1.19 bits per heavy atom. The van der Waals surface area contributed by atoms with Gasteiger partial charge in [0.25, 0.3) is 5.91 Å². The monoisotopic (exact) mass is 507 g/mol. The van der Waals surface area contributed by atoms with Gasteiger partial charge in [0.1, 0.15) is 18.0 Å². The first-order valence-electron chi connectivity index (χ1n) is 11.8. The van der Waals surface area contributed by atoms with E-state index in [1.165, 1.54) is 36.7 Å². The molecule has 3 N–H and O–H groups in total. The zero-order valence-electron chi connectivity index (χ0n) is 20.5. The van der Waals surface area contributed by atoms with Crippen molar-refractivity contribution in [2.24, 2.45) is 0 Å². The van der Waals surface area contributed by atoms with Gasteiger partial charge in [-0.3, -0.25) is 14.4 Å². The fourth-order valence-corrected chi connectivity index (χ4v) is 3.80. The van der Waals surface area contributed by atoms with Gasteiger partial charge >= 0.3 is 0 Å². The van der Waals surface area contributed by atoms with Gasteiger partial charge in [0.2, 0.25) is 5.91 Å². The average Bonchev–Trinajstić information content (AvgIpc) is 3.71. The van der Waals surface area contributed by atoms with Gasteiger partial charge in [-0.15, -0.1) is 0 Å². The summed E-state index contributed by atoms with van der Waals surface area (Å²) >= 11 is 0. The molecule has 0 aliphatic heterocycles. The number of aromatic nitrogens is 2. The van der Waals surface area contributed by atoms with Crippen LogP contribution in [0.1, 0.15) is 47.2 Å². The molecule has 1 saturated carbocycles. The summed E-state index contributed by atoms with van der Waals surface area (Å²) in [7, 11) is 0. The quantitative estimate of drug-likeness (QED) is 0.267. The van der Waals surface area contributed by atoms with Crippen LogP contribution in [0.4, 0.5) is 20.3 Å². The number of hydrogen-bond acceptors (Lipinski definition) is 6. The Balaban J connectivity index is 1.48. The van der Waals surface area contributed by atoms with Crippen LogP contribution in [0.25, 0.3) is 11.3 Å². The van der Waals surface area contributed by atoms with Crippen LogP contribution in [0.15, 0.2) is 55.4 Å². The summed E-state index contributed by atoms with van der Waals surface area (Å²) in [5.74, 6) is -1.53. The highest BCUT2D eigenvalue weighted by Gasteiger charge is 2.25. The highest BCUT2D eigenvalue weighted by molar-refractivity contribution is 6.05. The molecule has 192 valence electrons. The van der Waals surface area contributed by atoms with Crippen molar-refractivity contribution < 1.29 is 23.2 Å². The number of carbonyl (C=O) groups is 2. The molecule has 4 rings (SSSR count). The van der Waals surface area contributed by atoms with Crippen LogP contribution in [0.3, 0.4) is 0 Å². The lowest BCUT2D eigenvalue weighted by atomic mass is 10.0. The largest absolute Gasteiger partial charge is 0.348 e. The van der Waals surface area contributed by atoms with E-state index in [0.29, 0.717) is 28.6 Å². The predicted molar refractivity (Wildman–Crippen MR) is 136 cm³/mol. The van der Waals surface area contributed by atoms with E-state index >= 15 is 0 Å².